The van der Waals surface area contributed by atoms with Crippen molar-refractivity contribution in [3.05, 3.63) is 33.3 Å². The Morgan fingerprint density at radius 2 is 2.05 bits per heavy atom. The monoisotopic (exact) mass is 306 g/mol. The minimum atomic E-state index is -3.83. The van der Waals surface area contributed by atoms with E-state index in [1.807, 2.05) is 0 Å². The smallest absolute Gasteiger partial charge is 0.271 e. The lowest BCUT2D eigenvalue weighted by Crippen LogP contribution is -2.61. The van der Waals surface area contributed by atoms with Gasteiger partial charge in [-0.3, -0.25) is 10.1 Å². The number of sulfonamides is 1. The molecule has 1 saturated heterocycles. The molecule has 7 nitrogen and oxygen atoms in total. The molecule has 1 aliphatic heterocycles. The molecule has 1 heterocycles. The standard InChI is InChI=1S/C10H11ClN2O5S/c1-10(14)5-12(6-10)19(17,18)9-3-2-7(13(15)16)4-8(9)11/h2-4,14H,5-6H2,1H3. The Balaban J connectivity index is 2.35. The number of benzene rings is 1. The van der Waals surface area contributed by atoms with E-state index in [1.165, 1.54) is 6.92 Å². The second-order valence-corrected chi connectivity index (χ2v) is 6.96. The third-order valence-corrected chi connectivity index (χ3v) is 5.05. The van der Waals surface area contributed by atoms with Gasteiger partial charge in [-0.25, -0.2) is 8.42 Å². The van der Waals surface area contributed by atoms with Crippen LogP contribution in [-0.2, 0) is 10.0 Å². The molecule has 1 N–H and O–H groups in total. The fraction of sp³-hybridized carbons (Fsp3) is 0.400. The molecule has 1 fully saturated rings. The Labute approximate surface area is 114 Å². The van der Waals surface area contributed by atoms with Gasteiger partial charge < -0.3 is 5.11 Å². The van der Waals surface area contributed by atoms with Crippen LogP contribution in [0, 0.1) is 10.1 Å². The average molecular weight is 307 g/mol. The highest BCUT2D eigenvalue weighted by Crippen LogP contribution is 2.32. The number of nitro groups is 1. The number of hydrogen-bond donors (Lipinski definition) is 1. The molecule has 0 saturated carbocycles. The molecule has 0 spiro atoms. The summed E-state index contributed by atoms with van der Waals surface area (Å²) in [7, 11) is -3.83. The number of nitrogens with zero attached hydrogens (tertiary/aromatic N) is 2. The van der Waals surface area contributed by atoms with E-state index in [0.717, 1.165) is 22.5 Å². The largest absolute Gasteiger partial charge is 0.387 e. The van der Waals surface area contributed by atoms with E-state index < -0.39 is 20.5 Å². The zero-order valence-electron chi connectivity index (χ0n) is 9.91. The van der Waals surface area contributed by atoms with E-state index in [2.05, 4.69) is 0 Å². The number of nitro benzene ring substituents is 1. The third kappa shape index (κ3) is 2.57. The van der Waals surface area contributed by atoms with Crippen molar-refractivity contribution in [2.75, 3.05) is 13.1 Å². The molecule has 1 aliphatic rings. The van der Waals surface area contributed by atoms with Crippen LogP contribution in [0.2, 0.25) is 5.02 Å². The molecule has 0 radical (unpaired) electrons. The summed E-state index contributed by atoms with van der Waals surface area (Å²) in [6.45, 7) is 1.47. The zero-order valence-corrected chi connectivity index (χ0v) is 11.5. The van der Waals surface area contributed by atoms with Crippen molar-refractivity contribution in [3.63, 3.8) is 0 Å². The van der Waals surface area contributed by atoms with Crippen molar-refractivity contribution in [3.8, 4) is 0 Å². The quantitative estimate of drug-likeness (QED) is 0.663. The van der Waals surface area contributed by atoms with Gasteiger partial charge in [-0.05, 0) is 13.0 Å². The van der Waals surface area contributed by atoms with E-state index in [9.17, 15) is 23.6 Å². The van der Waals surface area contributed by atoms with Gasteiger partial charge >= 0.3 is 0 Å². The van der Waals surface area contributed by atoms with Crippen LogP contribution in [0.1, 0.15) is 6.92 Å². The lowest BCUT2D eigenvalue weighted by molar-refractivity contribution is -0.384. The van der Waals surface area contributed by atoms with Gasteiger partial charge in [0.15, 0.2) is 0 Å². The molecule has 0 unspecified atom stereocenters. The molecule has 2 rings (SSSR count). The van der Waals surface area contributed by atoms with Gasteiger partial charge in [-0.1, -0.05) is 11.6 Å². The van der Waals surface area contributed by atoms with Gasteiger partial charge in [-0.15, -0.1) is 0 Å². The molecule has 0 aromatic heterocycles. The average Bonchev–Trinajstić information content (AvgIpc) is 2.25. The summed E-state index contributed by atoms with van der Waals surface area (Å²) in [5.74, 6) is 0. The van der Waals surface area contributed by atoms with Crippen LogP contribution >= 0.6 is 11.6 Å². The molecule has 0 aliphatic carbocycles. The van der Waals surface area contributed by atoms with E-state index in [4.69, 9.17) is 11.6 Å². The highest BCUT2D eigenvalue weighted by atomic mass is 35.5. The number of rotatable bonds is 3. The van der Waals surface area contributed by atoms with Crippen LogP contribution in [-0.4, -0.2) is 41.4 Å². The van der Waals surface area contributed by atoms with Crippen LogP contribution in [0.4, 0.5) is 5.69 Å². The van der Waals surface area contributed by atoms with Gasteiger partial charge in [0.1, 0.15) is 4.90 Å². The fourth-order valence-electron chi connectivity index (χ4n) is 1.84. The van der Waals surface area contributed by atoms with Crippen molar-refractivity contribution in [2.24, 2.45) is 0 Å². The maximum Gasteiger partial charge on any atom is 0.271 e. The van der Waals surface area contributed by atoms with E-state index in [1.54, 1.807) is 0 Å². The first-order valence-corrected chi connectivity index (χ1v) is 7.12. The van der Waals surface area contributed by atoms with E-state index in [0.29, 0.717) is 0 Å². The highest BCUT2D eigenvalue weighted by Gasteiger charge is 2.44. The number of aliphatic hydroxyl groups is 1. The Hall–Kier alpha value is -1.22. The molecule has 0 bridgehead atoms. The van der Waals surface area contributed by atoms with Crippen molar-refractivity contribution in [1.82, 2.24) is 4.31 Å². The Morgan fingerprint density at radius 1 is 1.47 bits per heavy atom. The first kappa shape index (κ1) is 14.2. The number of β-amino-alcohol motifs (C(OH)–C–C–N with tert-alkyl or cyclic N) is 1. The highest BCUT2D eigenvalue weighted by molar-refractivity contribution is 7.89. The SMILES string of the molecule is CC1(O)CN(S(=O)(=O)c2ccc([N+](=O)[O-])cc2Cl)C1. The van der Waals surface area contributed by atoms with Crippen molar-refractivity contribution >= 4 is 27.3 Å². The van der Waals surface area contributed by atoms with Crippen molar-refractivity contribution < 1.29 is 18.4 Å². The topological polar surface area (TPSA) is 101 Å². The van der Waals surface area contributed by atoms with Gasteiger partial charge in [-0.2, -0.15) is 4.31 Å². The predicted octanol–water partition coefficient (Wildman–Crippen LogP) is 1.00. The predicted molar refractivity (Wildman–Crippen MR) is 67.5 cm³/mol. The van der Waals surface area contributed by atoms with Crippen molar-refractivity contribution in [2.45, 2.75) is 17.4 Å². The second-order valence-electron chi connectivity index (χ2n) is 4.64. The number of non-ortho nitro benzene ring substituents is 1. The zero-order chi connectivity index (χ0) is 14.4. The van der Waals surface area contributed by atoms with Crippen molar-refractivity contribution in [1.29, 1.82) is 0 Å². The lowest BCUT2D eigenvalue weighted by Gasteiger charge is -2.42. The second kappa shape index (κ2) is 4.41. The Morgan fingerprint density at radius 3 is 2.47 bits per heavy atom. The lowest BCUT2D eigenvalue weighted by atomic mass is 10.0. The molecule has 104 valence electrons. The summed E-state index contributed by atoms with van der Waals surface area (Å²) >= 11 is 5.78. The molecule has 9 heteroatoms. The summed E-state index contributed by atoms with van der Waals surface area (Å²) in [6.07, 6.45) is 0. The van der Waals surface area contributed by atoms with Crippen LogP contribution in [0.3, 0.4) is 0 Å². The fourth-order valence-corrected chi connectivity index (χ4v) is 4.02. The number of halogens is 1. The van der Waals surface area contributed by atoms with Gasteiger partial charge in [0.05, 0.1) is 15.5 Å². The normalized spacial score (nSPS) is 18.9. The molecule has 1 aromatic carbocycles. The molecular formula is C10H11ClN2O5S. The first-order valence-electron chi connectivity index (χ1n) is 5.30. The first-order chi connectivity index (χ1) is 8.63. The summed E-state index contributed by atoms with van der Waals surface area (Å²) in [5.41, 5.74) is -1.32. The molecule has 19 heavy (non-hydrogen) atoms. The van der Waals surface area contributed by atoms with Gasteiger partial charge in [0.2, 0.25) is 10.0 Å². The number of hydrogen-bond acceptors (Lipinski definition) is 5. The summed E-state index contributed by atoms with van der Waals surface area (Å²) in [4.78, 5) is 9.70. The Kier molecular flexibility index (Phi) is 3.29. The molecule has 1 aromatic rings. The van der Waals surface area contributed by atoms with E-state index >= 15 is 0 Å². The maximum absolute atomic E-state index is 12.2. The van der Waals surface area contributed by atoms with Gasteiger partial charge in [0.25, 0.3) is 5.69 Å². The van der Waals surface area contributed by atoms with Gasteiger partial charge in [0, 0.05) is 25.2 Å². The maximum atomic E-state index is 12.2. The molecule has 0 amide bonds. The summed E-state index contributed by atoms with van der Waals surface area (Å²) in [6, 6.07) is 3.17. The summed E-state index contributed by atoms with van der Waals surface area (Å²) in [5, 5.41) is 19.9. The Bertz CT molecular complexity index is 635. The molecular weight excluding hydrogens is 296 g/mol. The van der Waals surface area contributed by atoms with E-state index in [-0.39, 0.29) is 28.7 Å². The van der Waals surface area contributed by atoms with Crippen LogP contribution in [0.5, 0.6) is 0 Å². The van der Waals surface area contributed by atoms with Crippen LogP contribution < -0.4 is 0 Å². The summed E-state index contributed by atoms with van der Waals surface area (Å²) < 4.78 is 25.4. The minimum absolute atomic E-state index is 0.0251. The van der Waals surface area contributed by atoms with Crippen LogP contribution in [0.15, 0.2) is 23.1 Å². The minimum Gasteiger partial charge on any atom is -0.387 e. The van der Waals surface area contributed by atoms with Crippen LogP contribution in [0.25, 0.3) is 0 Å². The molecule has 0 atom stereocenters. The third-order valence-electron chi connectivity index (χ3n) is 2.78.